The first-order valence-electron chi connectivity index (χ1n) is 8.72. The van der Waals surface area contributed by atoms with E-state index < -0.39 is 17.7 Å². The zero-order chi connectivity index (χ0) is 20.9. The molecule has 0 aliphatic heterocycles. The summed E-state index contributed by atoms with van der Waals surface area (Å²) in [4.78, 5) is 26.8. The van der Waals surface area contributed by atoms with E-state index in [0.717, 1.165) is 12.3 Å². The van der Waals surface area contributed by atoms with E-state index >= 15 is 0 Å². The van der Waals surface area contributed by atoms with Gasteiger partial charge in [0.25, 0.3) is 5.91 Å². The Balaban J connectivity index is 2.17. The van der Waals surface area contributed by atoms with Gasteiger partial charge in [0.2, 0.25) is 0 Å². The standard InChI is InChI=1S/C18H21F3N4O3/c1-11(2)16-13(17(28)22-8-4-3-5-15(26)27)10-24-25(16)14-7-6-12(9-23-14)18(19,20)21/h6-7,9-11H,3-5,8H2,1-2H3,(H,22,28)(H,26,27). The van der Waals surface area contributed by atoms with Crippen LogP contribution in [0.4, 0.5) is 13.2 Å². The van der Waals surface area contributed by atoms with Gasteiger partial charge in [-0.2, -0.15) is 18.3 Å². The Morgan fingerprint density at radius 3 is 2.46 bits per heavy atom. The number of carbonyl (C=O) groups is 2. The Bertz CT molecular complexity index is 830. The first-order valence-corrected chi connectivity index (χ1v) is 8.72. The van der Waals surface area contributed by atoms with E-state index in [1.165, 1.54) is 16.9 Å². The predicted octanol–water partition coefficient (Wildman–Crippen LogP) is 3.39. The lowest BCUT2D eigenvalue weighted by Crippen LogP contribution is -2.25. The predicted molar refractivity (Wildman–Crippen MR) is 94.3 cm³/mol. The third-order valence-corrected chi connectivity index (χ3v) is 3.99. The molecule has 152 valence electrons. The molecule has 2 aromatic rings. The monoisotopic (exact) mass is 398 g/mol. The number of nitrogens with one attached hydrogen (secondary N) is 1. The second-order valence-corrected chi connectivity index (χ2v) is 6.52. The van der Waals surface area contributed by atoms with Crippen molar-refractivity contribution in [3.05, 3.63) is 41.3 Å². The van der Waals surface area contributed by atoms with E-state index in [1.54, 1.807) is 0 Å². The number of unbranched alkanes of at least 4 members (excludes halogenated alkanes) is 1. The van der Waals surface area contributed by atoms with Crippen molar-refractivity contribution in [2.24, 2.45) is 0 Å². The van der Waals surface area contributed by atoms with Crippen molar-refractivity contribution < 1.29 is 27.9 Å². The molecule has 2 heterocycles. The minimum absolute atomic E-state index is 0.0324. The highest BCUT2D eigenvalue weighted by Crippen LogP contribution is 2.29. The second-order valence-electron chi connectivity index (χ2n) is 6.52. The van der Waals surface area contributed by atoms with E-state index in [1.807, 2.05) is 13.8 Å². The number of carbonyl (C=O) groups excluding carboxylic acids is 1. The summed E-state index contributed by atoms with van der Waals surface area (Å²) in [5.74, 6) is -1.23. The van der Waals surface area contributed by atoms with Crippen LogP contribution in [0, 0.1) is 0 Å². The first-order chi connectivity index (χ1) is 13.1. The number of hydrogen-bond donors (Lipinski definition) is 2. The van der Waals surface area contributed by atoms with Crippen LogP contribution in [0.2, 0.25) is 0 Å². The van der Waals surface area contributed by atoms with Crippen LogP contribution in [0.3, 0.4) is 0 Å². The van der Waals surface area contributed by atoms with Gasteiger partial charge in [0.1, 0.15) is 0 Å². The number of aliphatic carboxylic acids is 1. The normalized spacial score (nSPS) is 11.6. The molecule has 0 spiro atoms. The van der Waals surface area contributed by atoms with E-state index in [0.29, 0.717) is 30.6 Å². The van der Waals surface area contributed by atoms with Crippen molar-refractivity contribution >= 4 is 11.9 Å². The van der Waals surface area contributed by atoms with Gasteiger partial charge < -0.3 is 10.4 Å². The fourth-order valence-electron chi connectivity index (χ4n) is 2.65. The average Bonchev–Trinajstić information content (AvgIpc) is 3.06. The Morgan fingerprint density at radius 1 is 1.21 bits per heavy atom. The molecule has 7 nitrogen and oxygen atoms in total. The lowest BCUT2D eigenvalue weighted by atomic mass is 10.1. The van der Waals surface area contributed by atoms with Crippen molar-refractivity contribution in [1.82, 2.24) is 20.1 Å². The number of pyridine rings is 1. The minimum atomic E-state index is -4.48. The van der Waals surface area contributed by atoms with Crippen LogP contribution < -0.4 is 5.32 Å². The number of amides is 1. The van der Waals surface area contributed by atoms with Crippen molar-refractivity contribution in [2.75, 3.05) is 6.54 Å². The maximum absolute atomic E-state index is 12.7. The molecule has 0 aliphatic carbocycles. The van der Waals surface area contributed by atoms with Crippen molar-refractivity contribution in [3.63, 3.8) is 0 Å². The molecule has 0 saturated carbocycles. The Hall–Kier alpha value is -2.91. The molecule has 10 heteroatoms. The highest BCUT2D eigenvalue weighted by Gasteiger charge is 2.31. The third-order valence-electron chi connectivity index (χ3n) is 3.99. The number of hydrogen-bond acceptors (Lipinski definition) is 4. The molecular formula is C18H21F3N4O3. The van der Waals surface area contributed by atoms with Gasteiger partial charge in [-0.1, -0.05) is 13.8 Å². The molecule has 2 N–H and O–H groups in total. The summed E-state index contributed by atoms with van der Waals surface area (Å²) in [6.45, 7) is 3.98. The Labute approximate surface area is 159 Å². The van der Waals surface area contributed by atoms with Crippen LogP contribution >= 0.6 is 0 Å². The molecule has 0 bridgehead atoms. The van der Waals surface area contributed by atoms with Gasteiger partial charge in [-0.15, -0.1) is 0 Å². The van der Waals surface area contributed by atoms with Crippen LogP contribution in [0.15, 0.2) is 24.5 Å². The number of halogens is 3. The van der Waals surface area contributed by atoms with Gasteiger partial charge in [-0.25, -0.2) is 9.67 Å². The van der Waals surface area contributed by atoms with E-state index in [2.05, 4.69) is 15.4 Å². The lowest BCUT2D eigenvalue weighted by molar-refractivity contribution is -0.138. The average molecular weight is 398 g/mol. The number of rotatable bonds is 8. The molecule has 28 heavy (non-hydrogen) atoms. The van der Waals surface area contributed by atoms with Gasteiger partial charge in [0.05, 0.1) is 23.0 Å². The van der Waals surface area contributed by atoms with E-state index in [4.69, 9.17) is 5.11 Å². The molecule has 0 radical (unpaired) electrons. The van der Waals surface area contributed by atoms with Crippen molar-refractivity contribution in [2.45, 2.75) is 45.2 Å². The molecule has 2 rings (SSSR count). The van der Waals surface area contributed by atoms with Crippen molar-refractivity contribution in [3.8, 4) is 5.82 Å². The van der Waals surface area contributed by atoms with Crippen LogP contribution in [0.5, 0.6) is 0 Å². The Morgan fingerprint density at radius 2 is 1.93 bits per heavy atom. The molecular weight excluding hydrogens is 377 g/mol. The number of carboxylic acids is 1. The zero-order valence-corrected chi connectivity index (χ0v) is 15.5. The zero-order valence-electron chi connectivity index (χ0n) is 15.5. The number of nitrogens with zero attached hydrogens (tertiary/aromatic N) is 3. The molecule has 0 saturated heterocycles. The Kier molecular flexibility index (Phi) is 6.76. The van der Waals surface area contributed by atoms with Gasteiger partial charge >= 0.3 is 12.1 Å². The van der Waals surface area contributed by atoms with Crippen LogP contribution in [0.1, 0.15) is 60.6 Å². The molecule has 1 amide bonds. The maximum Gasteiger partial charge on any atom is 0.417 e. The number of aromatic nitrogens is 3. The highest BCUT2D eigenvalue weighted by atomic mass is 19.4. The largest absolute Gasteiger partial charge is 0.481 e. The fraction of sp³-hybridized carbons (Fsp3) is 0.444. The first kappa shape index (κ1) is 21.4. The molecule has 0 atom stereocenters. The summed E-state index contributed by atoms with van der Waals surface area (Å²) in [6, 6.07) is 2.12. The lowest BCUT2D eigenvalue weighted by Gasteiger charge is -2.13. The summed E-state index contributed by atoms with van der Waals surface area (Å²) < 4.78 is 39.5. The third kappa shape index (κ3) is 5.30. The quantitative estimate of drug-likeness (QED) is 0.665. The molecule has 0 aliphatic rings. The minimum Gasteiger partial charge on any atom is -0.481 e. The van der Waals surface area contributed by atoms with Crippen LogP contribution in [-0.2, 0) is 11.0 Å². The topological polar surface area (TPSA) is 97.1 Å². The van der Waals surface area contributed by atoms with Crippen LogP contribution in [-0.4, -0.2) is 38.3 Å². The summed E-state index contributed by atoms with van der Waals surface area (Å²) in [5, 5.41) is 15.4. The van der Waals surface area contributed by atoms with Gasteiger partial charge in [0.15, 0.2) is 5.82 Å². The molecule has 2 aromatic heterocycles. The summed E-state index contributed by atoms with van der Waals surface area (Å²) >= 11 is 0. The smallest absolute Gasteiger partial charge is 0.417 e. The van der Waals surface area contributed by atoms with Gasteiger partial charge in [-0.3, -0.25) is 9.59 Å². The van der Waals surface area contributed by atoms with Gasteiger partial charge in [-0.05, 0) is 30.9 Å². The van der Waals surface area contributed by atoms with Crippen molar-refractivity contribution in [1.29, 1.82) is 0 Å². The summed E-state index contributed by atoms with van der Waals surface area (Å²) in [7, 11) is 0. The molecule has 0 unspecified atom stereocenters. The second kappa shape index (κ2) is 8.85. The molecule has 0 fully saturated rings. The fourth-order valence-corrected chi connectivity index (χ4v) is 2.65. The number of alkyl halides is 3. The number of carboxylic acid groups (broad SMARTS) is 1. The van der Waals surface area contributed by atoms with Gasteiger partial charge in [0, 0.05) is 19.2 Å². The summed E-state index contributed by atoms with van der Waals surface area (Å²) in [5.41, 5.74) is -0.0425. The van der Waals surface area contributed by atoms with Crippen LogP contribution in [0.25, 0.3) is 5.82 Å². The van der Waals surface area contributed by atoms with E-state index in [9.17, 15) is 22.8 Å². The SMILES string of the molecule is CC(C)c1c(C(=O)NCCCCC(=O)O)cnn1-c1ccc(C(F)(F)F)cn1. The highest BCUT2D eigenvalue weighted by molar-refractivity contribution is 5.95. The molecule has 0 aromatic carbocycles. The summed E-state index contributed by atoms with van der Waals surface area (Å²) in [6.07, 6.45) is -1.41. The van der Waals surface area contributed by atoms with E-state index in [-0.39, 0.29) is 24.1 Å². The maximum atomic E-state index is 12.7.